The van der Waals surface area contributed by atoms with Crippen LogP contribution in [0.15, 0.2) is 59.5 Å². The van der Waals surface area contributed by atoms with Crippen LogP contribution in [-0.2, 0) is 29.2 Å². The Morgan fingerprint density at radius 3 is 2.50 bits per heavy atom. The van der Waals surface area contributed by atoms with E-state index in [0.29, 0.717) is 17.9 Å². The van der Waals surface area contributed by atoms with Gasteiger partial charge in [0.2, 0.25) is 5.43 Å². The largest absolute Gasteiger partial charge is 0.482 e. The van der Waals surface area contributed by atoms with E-state index in [1.807, 2.05) is 0 Å². The maximum atomic E-state index is 13.9. The fourth-order valence-corrected chi connectivity index (χ4v) is 3.13. The molecule has 1 heterocycles. The third kappa shape index (κ3) is 5.52. The minimum Gasteiger partial charge on any atom is -0.482 e. The van der Waals surface area contributed by atoms with Crippen LogP contribution < -0.4 is 15.5 Å². The lowest BCUT2D eigenvalue weighted by atomic mass is 10.1. The summed E-state index contributed by atoms with van der Waals surface area (Å²) in [6.45, 7) is -0.816. The molecule has 8 nitrogen and oxygen atoms in total. The van der Waals surface area contributed by atoms with Gasteiger partial charge < -0.3 is 24.2 Å². The summed E-state index contributed by atoms with van der Waals surface area (Å²) in [5, 5.41) is 2.37. The van der Waals surface area contributed by atoms with Crippen molar-refractivity contribution in [2.45, 2.75) is 19.7 Å². The van der Waals surface area contributed by atoms with Crippen LogP contribution in [0.2, 0.25) is 0 Å². The maximum Gasteiger partial charge on any atom is 0.358 e. The molecule has 34 heavy (non-hydrogen) atoms. The van der Waals surface area contributed by atoms with E-state index in [9.17, 15) is 28.0 Å². The third-order valence-corrected chi connectivity index (χ3v) is 4.81. The zero-order valence-electron chi connectivity index (χ0n) is 18.0. The standard InChI is InChI=1S/C24H20F2N2O6/c1-33-24(32)20-22(34-14-15-5-3-2-4-6-15)21(30)18(13-28(20)9-10-29)23(31)27-12-16-7-8-17(25)11-19(16)26/h2-8,10-11,13H,9,12,14H2,1H3,(H,27,31). The summed E-state index contributed by atoms with van der Waals surface area (Å²) in [7, 11) is 1.09. The van der Waals surface area contributed by atoms with Gasteiger partial charge in [0.25, 0.3) is 5.91 Å². The lowest BCUT2D eigenvalue weighted by Crippen LogP contribution is -2.32. The number of esters is 1. The molecule has 176 valence electrons. The van der Waals surface area contributed by atoms with E-state index in [1.165, 1.54) is 0 Å². The van der Waals surface area contributed by atoms with Crippen molar-refractivity contribution in [1.29, 1.82) is 0 Å². The number of carbonyl (C=O) groups excluding carboxylic acids is 3. The SMILES string of the molecule is COC(=O)c1c(OCc2ccccc2)c(=O)c(C(=O)NCc2ccc(F)cc2F)cn1CC=O. The van der Waals surface area contributed by atoms with Crippen molar-refractivity contribution in [3.8, 4) is 5.75 Å². The minimum atomic E-state index is -0.942. The number of nitrogens with zero attached hydrogens (tertiary/aromatic N) is 1. The van der Waals surface area contributed by atoms with Crippen molar-refractivity contribution in [2.24, 2.45) is 0 Å². The van der Waals surface area contributed by atoms with Gasteiger partial charge in [-0.3, -0.25) is 9.59 Å². The van der Waals surface area contributed by atoms with E-state index >= 15 is 0 Å². The molecule has 0 aliphatic carbocycles. The highest BCUT2D eigenvalue weighted by Crippen LogP contribution is 2.19. The number of carbonyl (C=O) groups is 3. The van der Waals surface area contributed by atoms with Crippen LogP contribution >= 0.6 is 0 Å². The number of hydrogen-bond donors (Lipinski definition) is 1. The second kappa shape index (κ2) is 11.0. The van der Waals surface area contributed by atoms with Crippen molar-refractivity contribution in [1.82, 2.24) is 9.88 Å². The number of pyridine rings is 1. The lowest BCUT2D eigenvalue weighted by Gasteiger charge is -2.17. The number of hydrogen-bond acceptors (Lipinski definition) is 6. The number of methoxy groups -OCH3 is 1. The molecular weight excluding hydrogens is 450 g/mol. The second-order valence-electron chi connectivity index (χ2n) is 7.05. The van der Waals surface area contributed by atoms with Gasteiger partial charge in [-0.05, 0) is 11.6 Å². The van der Waals surface area contributed by atoms with Gasteiger partial charge in [-0.15, -0.1) is 0 Å². The van der Waals surface area contributed by atoms with Gasteiger partial charge in [-0.25, -0.2) is 13.6 Å². The molecular formula is C24H20F2N2O6. The molecule has 0 spiro atoms. The lowest BCUT2D eigenvalue weighted by molar-refractivity contribution is -0.108. The van der Waals surface area contributed by atoms with Crippen LogP contribution in [0.1, 0.15) is 32.0 Å². The van der Waals surface area contributed by atoms with E-state index in [0.717, 1.165) is 30.0 Å². The molecule has 0 radical (unpaired) electrons. The Hall–Kier alpha value is -4.34. The summed E-state index contributed by atoms with van der Waals surface area (Å²) in [6, 6.07) is 11.6. The number of rotatable bonds is 9. The van der Waals surface area contributed by atoms with E-state index < -0.39 is 40.3 Å². The van der Waals surface area contributed by atoms with Crippen molar-refractivity contribution >= 4 is 18.2 Å². The van der Waals surface area contributed by atoms with E-state index in [-0.39, 0.29) is 31.0 Å². The first-order chi connectivity index (χ1) is 16.3. The van der Waals surface area contributed by atoms with Gasteiger partial charge in [-0.2, -0.15) is 0 Å². The van der Waals surface area contributed by atoms with Crippen LogP contribution in [0.3, 0.4) is 0 Å². The summed E-state index contributed by atoms with van der Waals surface area (Å²) in [5.74, 6) is -3.97. The molecule has 0 aliphatic rings. The van der Waals surface area contributed by atoms with Gasteiger partial charge in [0, 0.05) is 24.4 Å². The molecule has 0 bridgehead atoms. The zero-order valence-corrected chi connectivity index (χ0v) is 18.0. The Bertz CT molecular complexity index is 1270. The number of nitrogens with one attached hydrogen (secondary N) is 1. The number of aldehydes is 1. The zero-order chi connectivity index (χ0) is 24.7. The number of amides is 1. The molecule has 1 aromatic heterocycles. The average molecular weight is 470 g/mol. The molecule has 0 atom stereocenters. The van der Waals surface area contributed by atoms with Crippen molar-refractivity contribution in [3.63, 3.8) is 0 Å². The minimum absolute atomic E-state index is 0.00491. The molecule has 1 amide bonds. The topological polar surface area (TPSA) is 104 Å². The molecule has 0 fully saturated rings. The fourth-order valence-electron chi connectivity index (χ4n) is 3.13. The van der Waals surface area contributed by atoms with Crippen LogP contribution in [0.25, 0.3) is 0 Å². The summed E-state index contributed by atoms with van der Waals surface area (Å²) in [5.41, 5.74) is -1.02. The molecule has 2 aromatic carbocycles. The molecule has 3 rings (SSSR count). The van der Waals surface area contributed by atoms with Crippen LogP contribution in [0.5, 0.6) is 5.75 Å². The first-order valence-corrected chi connectivity index (χ1v) is 10.0. The summed E-state index contributed by atoms with van der Waals surface area (Å²) in [4.78, 5) is 49.5. The Labute approximate surface area is 192 Å². The highest BCUT2D eigenvalue weighted by molar-refractivity contribution is 5.97. The molecule has 0 unspecified atom stereocenters. The predicted molar refractivity (Wildman–Crippen MR) is 116 cm³/mol. The molecule has 0 aliphatic heterocycles. The summed E-state index contributed by atoms with van der Waals surface area (Å²) >= 11 is 0. The number of benzene rings is 2. The number of aromatic nitrogens is 1. The van der Waals surface area contributed by atoms with Crippen LogP contribution in [0.4, 0.5) is 8.78 Å². The Morgan fingerprint density at radius 2 is 1.85 bits per heavy atom. The van der Waals surface area contributed by atoms with Crippen LogP contribution in [0, 0.1) is 11.6 Å². The first-order valence-electron chi connectivity index (χ1n) is 10.0. The number of halogens is 2. The predicted octanol–water partition coefficient (Wildman–Crippen LogP) is 2.62. The third-order valence-electron chi connectivity index (χ3n) is 4.81. The fraction of sp³-hybridized carbons (Fsp3) is 0.167. The summed E-state index contributed by atoms with van der Waals surface area (Å²) in [6.07, 6.45) is 1.49. The number of ether oxygens (including phenoxy) is 2. The van der Waals surface area contributed by atoms with Crippen molar-refractivity contribution in [3.05, 3.63) is 99.0 Å². The van der Waals surface area contributed by atoms with Gasteiger partial charge in [0.15, 0.2) is 11.4 Å². The van der Waals surface area contributed by atoms with Crippen LogP contribution in [-0.4, -0.2) is 29.8 Å². The van der Waals surface area contributed by atoms with E-state index in [4.69, 9.17) is 9.47 Å². The van der Waals surface area contributed by atoms with Gasteiger partial charge in [0.1, 0.15) is 30.1 Å². The normalized spacial score (nSPS) is 10.4. The van der Waals surface area contributed by atoms with E-state index in [1.54, 1.807) is 30.3 Å². The average Bonchev–Trinajstić information content (AvgIpc) is 2.83. The Morgan fingerprint density at radius 1 is 1.12 bits per heavy atom. The quantitative estimate of drug-likeness (QED) is 0.381. The van der Waals surface area contributed by atoms with Gasteiger partial charge in [0.05, 0.1) is 13.7 Å². The van der Waals surface area contributed by atoms with Crippen molar-refractivity contribution in [2.75, 3.05) is 7.11 Å². The van der Waals surface area contributed by atoms with Gasteiger partial charge in [-0.1, -0.05) is 36.4 Å². The monoisotopic (exact) mass is 470 g/mol. The maximum absolute atomic E-state index is 13.9. The molecule has 10 heteroatoms. The Kier molecular flexibility index (Phi) is 7.86. The molecule has 1 N–H and O–H groups in total. The summed E-state index contributed by atoms with van der Waals surface area (Å²) < 4.78 is 38.4. The Balaban J connectivity index is 1.99. The smallest absolute Gasteiger partial charge is 0.358 e. The second-order valence-corrected chi connectivity index (χ2v) is 7.05. The highest BCUT2D eigenvalue weighted by Gasteiger charge is 2.26. The molecule has 0 saturated carbocycles. The molecule has 0 saturated heterocycles. The molecule has 3 aromatic rings. The van der Waals surface area contributed by atoms with Crippen molar-refractivity contribution < 1.29 is 32.6 Å². The first kappa shape index (κ1) is 24.3. The van der Waals surface area contributed by atoms with Gasteiger partial charge >= 0.3 is 5.97 Å². The van der Waals surface area contributed by atoms with E-state index in [2.05, 4.69) is 5.32 Å². The highest BCUT2D eigenvalue weighted by atomic mass is 19.1.